The highest BCUT2D eigenvalue weighted by molar-refractivity contribution is 9.10. The number of anilines is 1. The fraction of sp³-hybridized carbons (Fsp3) is 0.100. The summed E-state index contributed by atoms with van der Waals surface area (Å²) in [5.41, 5.74) is -0.213. The predicted molar refractivity (Wildman–Crippen MR) is 67.5 cm³/mol. The van der Waals surface area contributed by atoms with Crippen molar-refractivity contribution in [2.75, 3.05) is 5.32 Å². The highest BCUT2D eigenvalue weighted by Crippen LogP contribution is 2.10. The Morgan fingerprint density at radius 3 is 2.79 bits per heavy atom. The summed E-state index contributed by atoms with van der Waals surface area (Å²) in [6, 6.07) is 3.37. The minimum Gasteiger partial charge on any atom is -0.476 e. The minimum absolute atomic E-state index is 0.141. The number of carboxylic acid groups (broad SMARTS) is 1. The fourth-order valence-electron chi connectivity index (χ4n) is 1.25. The number of hydrogen-bond acceptors (Lipinski definition) is 5. The lowest BCUT2D eigenvalue weighted by Crippen LogP contribution is -2.19. The zero-order chi connectivity index (χ0) is 13.8. The van der Waals surface area contributed by atoms with Crippen LogP contribution in [0.5, 0.6) is 0 Å². The third kappa shape index (κ3) is 3.58. The van der Waals surface area contributed by atoms with Crippen molar-refractivity contribution in [3.05, 3.63) is 34.7 Å². The molecule has 0 saturated carbocycles. The maximum atomic E-state index is 11.6. The predicted octanol–water partition coefficient (Wildman–Crippen LogP) is 0.772. The van der Waals surface area contributed by atoms with Gasteiger partial charge in [0, 0.05) is 10.7 Å². The summed E-state index contributed by atoms with van der Waals surface area (Å²) >= 11 is 3.23. The molecule has 9 heteroatoms. The number of hydrogen-bond donors (Lipinski definition) is 2. The topological polar surface area (TPSA) is 110 Å². The highest BCUT2D eigenvalue weighted by Gasteiger charge is 2.10. The number of halogens is 1. The van der Waals surface area contributed by atoms with Crippen molar-refractivity contribution in [2.45, 2.75) is 6.54 Å². The molecule has 0 unspecified atom stereocenters. The average Bonchev–Trinajstić information content (AvgIpc) is 2.80. The fourth-order valence-corrected chi connectivity index (χ4v) is 1.49. The minimum atomic E-state index is -1.19. The molecule has 1 amide bonds. The number of pyridine rings is 1. The van der Waals surface area contributed by atoms with E-state index < -0.39 is 5.97 Å². The second-order valence-electron chi connectivity index (χ2n) is 3.52. The Kier molecular flexibility index (Phi) is 3.85. The van der Waals surface area contributed by atoms with Gasteiger partial charge in [-0.15, -0.1) is 5.10 Å². The lowest BCUT2D eigenvalue weighted by atomic mass is 10.4. The summed E-state index contributed by atoms with van der Waals surface area (Å²) in [6.45, 7) is -0.141. The van der Waals surface area contributed by atoms with Gasteiger partial charge in [0.05, 0.1) is 6.20 Å². The van der Waals surface area contributed by atoms with Gasteiger partial charge in [-0.2, -0.15) is 0 Å². The molecule has 19 heavy (non-hydrogen) atoms. The van der Waals surface area contributed by atoms with Crippen molar-refractivity contribution >= 4 is 33.6 Å². The van der Waals surface area contributed by atoms with Crippen LogP contribution < -0.4 is 5.32 Å². The number of rotatable bonds is 4. The van der Waals surface area contributed by atoms with E-state index in [1.165, 1.54) is 6.20 Å². The van der Waals surface area contributed by atoms with Gasteiger partial charge in [-0.05, 0) is 28.1 Å². The molecule has 8 nitrogen and oxygen atoms in total. The molecule has 2 heterocycles. The van der Waals surface area contributed by atoms with E-state index in [2.05, 4.69) is 36.5 Å². The first-order valence-electron chi connectivity index (χ1n) is 5.09. The van der Waals surface area contributed by atoms with E-state index in [1.54, 1.807) is 18.3 Å². The standard InChI is InChI=1S/C10H8BrN5O3/c11-6-1-2-8(12-3-6)13-9(17)5-16-4-7(10(18)19)14-15-16/h1-4H,5H2,(H,18,19)(H,12,13,17). The number of carboxylic acids is 1. The Balaban J connectivity index is 1.97. The molecule has 0 spiro atoms. The molecule has 0 saturated heterocycles. The Hall–Kier alpha value is -2.29. The van der Waals surface area contributed by atoms with Crippen molar-refractivity contribution in [1.29, 1.82) is 0 Å². The number of carbonyl (C=O) groups excluding carboxylic acids is 1. The van der Waals surface area contributed by atoms with Crippen molar-refractivity contribution in [3.8, 4) is 0 Å². The lowest BCUT2D eigenvalue weighted by Gasteiger charge is -2.03. The zero-order valence-corrected chi connectivity index (χ0v) is 11.0. The van der Waals surface area contributed by atoms with Crippen molar-refractivity contribution in [2.24, 2.45) is 0 Å². The zero-order valence-electron chi connectivity index (χ0n) is 9.45. The van der Waals surface area contributed by atoms with E-state index in [1.807, 2.05) is 0 Å². The SMILES string of the molecule is O=C(Cn1cc(C(=O)O)nn1)Nc1ccc(Br)cn1. The summed E-state index contributed by atoms with van der Waals surface area (Å²) in [7, 11) is 0. The third-order valence-corrected chi connectivity index (χ3v) is 2.53. The van der Waals surface area contributed by atoms with Gasteiger partial charge in [0.15, 0.2) is 5.69 Å². The Morgan fingerprint density at radius 1 is 1.42 bits per heavy atom. The first-order chi connectivity index (χ1) is 9.04. The summed E-state index contributed by atoms with van der Waals surface area (Å²) in [4.78, 5) is 26.2. The Labute approximate surface area is 115 Å². The van der Waals surface area contributed by atoms with Crippen LogP contribution in [-0.4, -0.2) is 37.0 Å². The van der Waals surface area contributed by atoms with Crippen molar-refractivity contribution in [3.63, 3.8) is 0 Å². The van der Waals surface area contributed by atoms with Crippen LogP contribution >= 0.6 is 15.9 Å². The van der Waals surface area contributed by atoms with Crippen LogP contribution in [0.2, 0.25) is 0 Å². The second-order valence-corrected chi connectivity index (χ2v) is 4.43. The first-order valence-corrected chi connectivity index (χ1v) is 5.89. The molecule has 0 bridgehead atoms. The highest BCUT2D eigenvalue weighted by atomic mass is 79.9. The van der Waals surface area contributed by atoms with Crippen LogP contribution in [0.4, 0.5) is 5.82 Å². The normalized spacial score (nSPS) is 10.2. The summed E-state index contributed by atoms with van der Waals surface area (Å²) in [5.74, 6) is -1.18. The Morgan fingerprint density at radius 2 is 2.21 bits per heavy atom. The molecule has 2 aromatic rings. The molecule has 0 fully saturated rings. The molecule has 0 aliphatic rings. The smallest absolute Gasteiger partial charge is 0.358 e. The molecule has 0 aromatic carbocycles. The molecular weight excluding hydrogens is 318 g/mol. The van der Waals surface area contributed by atoms with E-state index in [-0.39, 0.29) is 18.1 Å². The molecule has 2 rings (SSSR count). The van der Waals surface area contributed by atoms with Gasteiger partial charge in [0.2, 0.25) is 5.91 Å². The van der Waals surface area contributed by atoms with E-state index in [4.69, 9.17) is 5.11 Å². The maximum Gasteiger partial charge on any atom is 0.358 e. The largest absolute Gasteiger partial charge is 0.476 e. The lowest BCUT2D eigenvalue weighted by molar-refractivity contribution is -0.117. The number of nitrogens with zero attached hydrogens (tertiary/aromatic N) is 4. The molecule has 2 aromatic heterocycles. The van der Waals surface area contributed by atoms with Gasteiger partial charge in [-0.1, -0.05) is 5.21 Å². The number of aromatic carboxylic acids is 1. The van der Waals surface area contributed by atoms with Gasteiger partial charge < -0.3 is 10.4 Å². The summed E-state index contributed by atoms with van der Waals surface area (Å²) < 4.78 is 1.94. The molecule has 0 radical (unpaired) electrons. The van der Waals surface area contributed by atoms with Gasteiger partial charge >= 0.3 is 5.97 Å². The van der Waals surface area contributed by atoms with Crippen molar-refractivity contribution < 1.29 is 14.7 Å². The maximum absolute atomic E-state index is 11.6. The van der Waals surface area contributed by atoms with E-state index in [9.17, 15) is 9.59 Å². The molecular formula is C10H8BrN5O3. The number of nitrogens with one attached hydrogen (secondary N) is 1. The van der Waals surface area contributed by atoms with Crippen LogP contribution in [0.15, 0.2) is 29.0 Å². The van der Waals surface area contributed by atoms with Crippen LogP contribution in [0.1, 0.15) is 10.5 Å². The monoisotopic (exact) mass is 325 g/mol. The number of aromatic nitrogens is 4. The van der Waals surface area contributed by atoms with Gasteiger partial charge in [0.25, 0.3) is 0 Å². The van der Waals surface area contributed by atoms with E-state index >= 15 is 0 Å². The van der Waals surface area contributed by atoms with Crippen LogP contribution in [0.25, 0.3) is 0 Å². The third-order valence-electron chi connectivity index (χ3n) is 2.06. The van der Waals surface area contributed by atoms with Gasteiger partial charge in [-0.3, -0.25) is 4.79 Å². The average molecular weight is 326 g/mol. The summed E-state index contributed by atoms with van der Waals surface area (Å²) in [6.07, 6.45) is 2.73. The Bertz CT molecular complexity index is 610. The molecule has 0 aliphatic heterocycles. The molecule has 2 N–H and O–H groups in total. The van der Waals surface area contributed by atoms with Gasteiger partial charge in [-0.25, -0.2) is 14.5 Å². The molecule has 0 atom stereocenters. The summed E-state index contributed by atoms with van der Waals surface area (Å²) in [5, 5.41) is 18.1. The number of carbonyl (C=O) groups is 2. The second kappa shape index (κ2) is 5.57. The van der Waals surface area contributed by atoms with Crippen molar-refractivity contribution in [1.82, 2.24) is 20.0 Å². The van der Waals surface area contributed by atoms with Gasteiger partial charge in [0.1, 0.15) is 12.4 Å². The molecule has 98 valence electrons. The molecule has 0 aliphatic carbocycles. The van der Waals surface area contributed by atoms with Crippen LogP contribution in [0, 0.1) is 0 Å². The van der Waals surface area contributed by atoms with E-state index in [0.717, 1.165) is 9.15 Å². The van der Waals surface area contributed by atoms with Crippen LogP contribution in [-0.2, 0) is 11.3 Å². The first kappa shape index (κ1) is 13.1. The van der Waals surface area contributed by atoms with Crippen LogP contribution in [0.3, 0.4) is 0 Å². The van der Waals surface area contributed by atoms with E-state index in [0.29, 0.717) is 5.82 Å². The quantitative estimate of drug-likeness (QED) is 0.859. The number of amides is 1.